The number of rotatable bonds is 4. The molecule has 0 saturated carbocycles. The number of aliphatic hydroxyl groups is 1. The molecule has 5 nitrogen and oxygen atoms in total. The molecule has 1 aromatic carbocycles. The third-order valence-electron chi connectivity index (χ3n) is 3.64. The fourth-order valence-corrected chi connectivity index (χ4v) is 2.51. The number of piperazine rings is 1. The predicted octanol–water partition coefficient (Wildman–Crippen LogP) is 0.875. The van der Waals surface area contributed by atoms with E-state index >= 15 is 0 Å². The van der Waals surface area contributed by atoms with Crippen LogP contribution < -0.4 is 4.90 Å². The molecule has 1 fully saturated rings. The Morgan fingerprint density at radius 1 is 1.35 bits per heavy atom. The molecule has 1 aromatic rings. The van der Waals surface area contributed by atoms with Crippen molar-refractivity contribution in [3.8, 4) is 6.07 Å². The molecule has 1 aliphatic rings. The second kappa shape index (κ2) is 6.51. The Kier molecular flexibility index (Phi) is 4.72. The second-order valence-corrected chi connectivity index (χ2v) is 4.95. The van der Waals surface area contributed by atoms with Crippen LogP contribution in [0.4, 0.5) is 5.69 Å². The van der Waals surface area contributed by atoms with Crippen LogP contribution in [0.5, 0.6) is 0 Å². The molecule has 5 heteroatoms. The van der Waals surface area contributed by atoms with Gasteiger partial charge in [-0.2, -0.15) is 5.26 Å². The summed E-state index contributed by atoms with van der Waals surface area (Å²) in [5.41, 5.74) is 2.09. The Morgan fingerprint density at radius 3 is 2.60 bits per heavy atom. The second-order valence-electron chi connectivity index (χ2n) is 4.95. The standard InChI is InChI=1S/C15H19N3O2/c1-12(20)14-3-2-13(11-16)10-15(14)18-6-4-17(5-7-18)8-9-19/h2-3,10,19H,4-9H2,1H3. The van der Waals surface area contributed by atoms with Gasteiger partial charge in [0.25, 0.3) is 0 Å². The Balaban J connectivity index is 2.20. The van der Waals surface area contributed by atoms with Gasteiger partial charge in [-0.3, -0.25) is 9.69 Å². The molecular formula is C15H19N3O2. The number of nitriles is 1. The summed E-state index contributed by atoms with van der Waals surface area (Å²) >= 11 is 0. The van der Waals surface area contributed by atoms with Gasteiger partial charge in [0.05, 0.1) is 18.2 Å². The van der Waals surface area contributed by atoms with Crippen LogP contribution in [-0.4, -0.2) is 55.1 Å². The lowest BCUT2D eigenvalue weighted by Crippen LogP contribution is -2.47. The van der Waals surface area contributed by atoms with Crippen molar-refractivity contribution >= 4 is 11.5 Å². The summed E-state index contributed by atoms with van der Waals surface area (Å²) in [5, 5.41) is 18.0. The molecule has 0 spiro atoms. The van der Waals surface area contributed by atoms with Crippen LogP contribution in [-0.2, 0) is 0 Å². The lowest BCUT2D eigenvalue weighted by atomic mass is 10.0. The first kappa shape index (κ1) is 14.5. The number of β-amino-alcohol motifs (C(OH)–C–C–N with tert-alkyl or cyclic N) is 1. The molecule has 0 radical (unpaired) electrons. The van der Waals surface area contributed by atoms with E-state index in [4.69, 9.17) is 10.4 Å². The van der Waals surface area contributed by atoms with E-state index in [-0.39, 0.29) is 12.4 Å². The fraction of sp³-hybridized carbons (Fsp3) is 0.467. The normalized spacial score (nSPS) is 15.9. The molecule has 0 aliphatic carbocycles. The highest BCUT2D eigenvalue weighted by Crippen LogP contribution is 2.24. The summed E-state index contributed by atoms with van der Waals surface area (Å²) in [4.78, 5) is 16.1. The number of nitrogens with zero attached hydrogens (tertiary/aromatic N) is 3. The number of ketones is 1. The van der Waals surface area contributed by atoms with Crippen molar-refractivity contribution in [3.05, 3.63) is 29.3 Å². The highest BCUT2D eigenvalue weighted by atomic mass is 16.3. The molecule has 2 rings (SSSR count). The minimum absolute atomic E-state index is 0.0160. The summed E-state index contributed by atoms with van der Waals surface area (Å²) in [6, 6.07) is 7.33. The number of carbonyl (C=O) groups is 1. The summed E-state index contributed by atoms with van der Waals surface area (Å²) in [6.07, 6.45) is 0. The van der Waals surface area contributed by atoms with Gasteiger partial charge in [-0.05, 0) is 25.1 Å². The molecule has 1 heterocycles. The molecule has 106 valence electrons. The predicted molar refractivity (Wildman–Crippen MR) is 76.9 cm³/mol. The van der Waals surface area contributed by atoms with Crippen molar-refractivity contribution in [2.45, 2.75) is 6.92 Å². The zero-order valence-electron chi connectivity index (χ0n) is 11.7. The van der Waals surface area contributed by atoms with Crippen LogP contribution in [0.2, 0.25) is 0 Å². The zero-order chi connectivity index (χ0) is 14.5. The van der Waals surface area contributed by atoms with E-state index in [1.165, 1.54) is 0 Å². The molecule has 0 unspecified atom stereocenters. The van der Waals surface area contributed by atoms with Gasteiger partial charge in [0.15, 0.2) is 5.78 Å². The van der Waals surface area contributed by atoms with Crippen LogP contribution in [0.25, 0.3) is 0 Å². The number of hydrogen-bond acceptors (Lipinski definition) is 5. The van der Waals surface area contributed by atoms with E-state index in [0.29, 0.717) is 17.7 Å². The first-order valence-electron chi connectivity index (χ1n) is 6.79. The lowest BCUT2D eigenvalue weighted by molar-refractivity contribution is 0.101. The van der Waals surface area contributed by atoms with Gasteiger partial charge in [-0.25, -0.2) is 0 Å². The Morgan fingerprint density at radius 2 is 2.05 bits per heavy atom. The number of benzene rings is 1. The van der Waals surface area contributed by atoms with Crippen molar-refractivity contribution in [2.75, 3.05) is 44.2 Å². The van der Waals surface area contributed by atoms with Gasteiger partial charge in [-0.1, -0.05) is 0 Å². The lowest BCUT2D eigenvalue weighted by Gasteiger charge is -2.36. The third-order valence-corrected chi connectivity index (χ3v) is 3.64. The van der Waals surface area contributed by atoms with Gasteiger partial charge in [0.2, 0.25) is 0 Å². The zero-order valence-corrected chi connectivity index (χ0v) is 11.7. The van der Waals surface area contributed by atoms with Gasteiger partial charge >= 0.3 is 0 Å². The van der Waals surface area contributed by atoms with Crippen LogP contribution >= 0.6 is 0 Å². The van der Waals surface area contributed by atoms with Crippen LogP contribution in [0.15, 0.2) is 18.2 Å². The van der Waals surface area contributed by atoms with Gasteiger partial charge in [0, 0.05) is 44.0 Å². The molecule has 0 atom stereocenters. The van der Waals surface area contributed by atoms with Crippen LogP contribution in [0.1, 0.15) is 22.8 Å². The largest absolute Gasteiger partial charge is 0.395 e. The van der Waals surface area contributed by atoms with Crippen molar-refractivity contribution in [1.29, 1.82) is 5.26 Å². The van der Waals surface area contributed by atoms with E-state index in [9.17, 15) is 4.79 Å². The van der Waals surface area contributed by atoms with Crippen molar-refractivity contribution in [1.82, 2.24) is 4.90 Å². The van der Waals surface area contributed by atoms with Gasteiger partial charge in [0.1, 0.15) is 0 Å². The maximum atomic E-state index is 11.7. The molecule has 1 aliphatic heterocycles. The number of Topliss-reactive ketones (excluding diaryl/α,β-unsaturated/α-hetero) is 1. The van der Waals surface area contributed by atoms with E-state index < -0.39 is 0 Å². The van der Waals surface area contributed by atoms with Crippen LogP contribution in [0, 0.1) is 11.3 Å². The highest BCUT2D eigenvalue weighted by molar-refractivity contribution is 6.00. The quantitative estimate of drug-likeness (QED) is 0.825. The number of aliphatic hydroxyl groups excluding tert-OH is 1. The Bertz CT molecular complexity index is 528. The summed E-state index contributed by atoms with van der Waals surface area (Å²) in [7, 11) is 0. The monoisotopic (exact) mass is 273 g/mol. The Hall–Kier alpha value is -1.90. The average molecular weight is 273 g/mol. The van der Waals surface area contributed by atoms with Crippen molar-refractivity contribution in [2.24, 2.45) is 0 Å². The molecule has 0 bridgehead atoms. The molecule has 20 heavy (non-hydrogen) atoms. The molecular weight excluding hydrogens is 254 g/mol. The number of anilines is 1. The summed E-state index contributed by atoms with van der Waals surface area (Å²) < 4.78 is 0. The van der Waals surface area contributed by atoms with Crippen LogP contribution in [0.3, 0.4) is 0 Å². The molecule has 0 aromatic heterocycles. The minimum atomic E-state index is 0.0160. The number of hydrogen-bond donors (Lipinski definition) is 1. The minimum Gasteiger partial charge on any atom is -0.395 e. The van der Waals surface area contributed by atoms with Gasteiger partial charge < -0.3 is 10.0 Å². The molecule has 1 saturated heterocycles. The Labute approximate surface area is 119 Å². The smallest absolute Gasteiger partial charge is 0.161 e. The summed E-state index contributed by atoms with van der Waals surface area (Å²) in [5.74, 6) is 0.0160. The fourth-order valence-electron chi connectivity index (χ4n) is 2.51. The average Bonchev–Trinajstić information content (AvgIpc) is 2.47. The van der Waals surface area contributed by atoms with Crippen molar-refractivity contribution < 1.29 is 9.90 Å². The topological polar surface area (TPSA) is 67.6 Å². The van der Waals surface area contributed by atoms with E-state index in [2.05, 4.69) is 15.9 Å². The van der Waals surface area contributed by atoms with E-state index in [0.717, 1.165) is 31.9 Å². The number of carbonyl (C=O) groups excluding carboxylic acids is 1. The third kappa shape index (κ3) is 3.16. The highest BCUT2D eigenvalue weighted by Gasteiger charge is 2.20. The molecule has 1 N–H and O–H groups in total. The first-order valence-corrected chi connectivity index (χ1v) is 6.79. The SMILES string of the molecule is CC(=O)c1ccc(C#N)cc1N1CCN(CCO)CC1. The maximum Gasteiger partial charge on any atom is 0.161 e. The van der Waals surface area contributed by atoms with Crippen molar-refractivity contribution in [3.63, 3.8) is 0 Å². The maximum absolute atomic E-state index is 11.7. The van der Waals surface area contributed by atoms with E-state index in [1.54, 1.807) is 25.1 Å². The van der Waals surface area contributed by atoms with E-state index in [1.807, 2.05) is 0 Å². The molecule has 0 amide bonds. The summed E-state index contributed by atoms with van der Waals surface area (Å²) in [6.45, 7) is 5.72. The van der Waals surface area contributed by atoms with Gasteiger partial charge in [-0.15, -0.1) is 0 Å². The first-order chi connectivity index (χ1) is 9.65.